The second-order valence-corrected chi connectivity index (χ2v) is 22.3. The van der Waals surface area contributed by atoms with Crippen LogP contribution in [-0.4, -0.2) is 0 Å². The quantitative estimate of drug-likeness (QED) is 0.126. The summed E-state index contributed by atoms with van der Waals surface area (Å²) in [6.07, 6.45) is 0. The number of benzene rings is 14. The zero-order chi connectivity index (χ0) is 54.5. The van der Waals surface area contributed by atoms with Gasteiger partial charge in [0, 0.05) is 33.5 Å². The van der Waals surface area contributed by atoms with Crippen molar-refractivity contribution < 1.29 is 0 Å². The second-order valence-electron chi connectivity index (χ2n) is 22.3. The van der Waals surface area contributed by atoms with Crippen LogP contribution < -0.4 is 9.80 Å². The lowest BCUT2D eigenvalue weighted by Gasteiger charge is -2.36. The first-order valence-corrected chi connectivity index (χ1v) is 28.7. The minimum absolute atomic E-state index is 0.548. The molecule has 0 bridgehead atoms. The van der Waals surface area contributed by atoms with Crippen molar-refractivity contribution in [1.29, 1.82) is 0 Å². The molecule has 386 valence electrons. The lowest BCUT2D eigenvalue weighted by Crippen LogP contribution is -2.29. The van der Waals surface area contributed by atoms with Crippen LogP contribution in [0.2, 0.25) is 0 Å². The molecule has 0 saturated heterocycles. The summed E-state index contributed by atoms with van der Waals surface area (Å²) in [5.74, 6) is 0. The van der Waals surface area contributed by atoms with Gasteiger partial charge in [-0.15, -0.1) is 0 Å². The number of anilines is 6. The van der Waals surface area contributed by atoms with Crippen molar-refractivity contribution in [2.24, 2.45) is 0 Å². The molecule has 14 aromatic rings. The molecule has 0 amide bonds. The molecule has 2 aliphatic rings. The summed E-state index contributed by atoms with van der Waals surface area (Å²) in [7, 11) is 0. The number of hydrogen-bond acceptors (Lipinski definition) is 2. The van der Waals surface area contributed by atoms with E-state index in [0.29, 0.717) is 0 Å². The Balaban J connectivity index is 0.903. The highest BCUT2D eigenvalue weighted by molar-refractivity contribution is 6.28. The maximum absolute atomic E-state index is 2.49. The number of hydrogen-bond donors (Lipinski definition) is 0. The Morgan fingerprint density at radius 2 is 0.549 bits per heavy atom. The molecule has 0 heterocycles. The van der Waals surface area contributed by atoms with Crippen molar-refractivity contribution in [1.82, 2.24) is 0 Å². The second kappa shape index (κ2) is 18.7. The van der Waals surface area contributed by atoms with E-state index < -0.39 is 10.8 Å². The molecule has 0 aromatic heterocycles. The van der Waals surface area contributed by atoms with Gasteiger partial charge in [0.25, 0.3) is 0 Å². The molecular formula is C80H56N2. The first kappa shape index (κ1) is 47.7. The van der Waals surface area contributed by atoms with Crippen LogP contribution in [-0.2, 0) is 10.8 Å². The van der Waals surface area contributed by atoms with Crippen molar-refractivity contribution in [2.45, 2.75) is 24.7 Å². The Morgan fingerprint density at radius 1 is 0.244 bits per heavy atom. The SMILES string of the molecule is Cc1ccccc1C1(c2cccc(N(c3ccccc3)c3ccc4ccc5c(N(c6ccccc6)c6cccc(C7(c8ccccc8C)c8ccccc8-c8ccccc87)c6)ccc6ccc3c4c65)c2)c2ccccc2-c2ccccc21. The molecule has 0 N–H and O–H groups in total. The van der Waals surface area contributed by atoms with E-state index in [2.05, 4.69) is 327 Å². The number of fused-ring (bicyclic) bond motifs is 6. The summed E-state index contributed by atoms with van der Waals surface area (Å²) in [6, 6.07) is 114. The highest BCUT2D eigenvalue weighted by Gasteiger charge is 2.48. The van der Waals surface area contributed by atoms with E-state index in [0.717, 1.165) is 34.1 Å². The van der Waals surface area contributed by atoms with E-state index in [4.69, 9.17) is 0 Å². The summed E-state index contributed by atoms with van der Waals surface area (Å²) in [4.78, 5) is 4.97. The van der Waals surface area contributed by atoms with Crippen LogP contribution in [0.4, 0.5) is 34.1 Å². The van der Waals surface area contributed by atoms with E-state index in [9.17, 15) is 0 Å². The molecule has 16 rings (SSSR count). The molecule has 0 atom stereocenters. The van der Waals surface area contributed by atoms with Gasteiger partial charge in [0.15, 0.2) is 0 Å². The molecule has 2 heteroatoms. The monoisotopic (exact) mass is 1040 g/mol. The third-order valence-corrected chi connectivity index (χ3v) is 18.2. The van der Waals surface area contributed by atoms with Crippen LogP contribution >= 0.6 is 0 Å². The van der Waals surface area contributed by atoms with Gasteiger partial charge in [0.1, 0.15) is 0 Å². The average Bonchev–Trinajstić information content (AvgIpc) is 2.69. The van der Waals surface area contributed by atoms with E-state index >= 15 is 0 Å². The van der Waals surface area contributed by atoms with Crippen LogP contribution in [0.3, 0.4) is 0 Å². The minimum atomic E-state index is -0.548. The molecule has 0 aliphatic heterocycles. The predicted octanol–water partition coefficient (Wildman–Crippen LogP) is 20.9. The van der Waals surface area contributed by atoms with E-state index in [1.54, 1.807) is 0 Å². The van der Waals surface area contributed by atoms with Crippen LogP contribution in [0, 0.1) is 13.8 Å². The van der Waals surface area contributed by atoms with E-state index in [1.165, 1.54) is 110 Å². The van der Waals surface area contributed by atoms with Crippen molar-refractivity contribution in [3.05, 3.63) is 359 Å². The Hall–Kier alpha value is -10.3. The van der Waals surface area contributed by atoms with Crippen LogP contribution in [0.25, 0.3) is 54.6 Å². The highest BCUT2D eigenvalue weighted by atomic mass is 15.1. The van der Waals surface area contributed by atoms with Gasteiger partial charge in [0.05, 0.1) is 22.2 Å². The summed E-state index contributed by atoms with van der Waals surface area (Å²) in [6.45, 7) is 4.54. The first-order valence-electron chi connectivity index (χ1n) is 28.7. The summed E-state index contributed by atoms with van der Waals surface area (Å²) in [5.41, 5.74) is 23.5. The van der Waals surface area contributed by atoms with Gasteiger partial charge in [-0.1, -0.05) is 243 Å². The predicted molar refractivity (Wildman–Crippen MR) is 344 cm³/mol. The van der Waals surface area contributed by atoms with Gasteiger partial charge < -0.3 is 9.80 Å². The van der Waals surface area contributed by atoms with E-state index in [-0.39, 0.29) is 0 Å². The van der Waals surface area contributed by atoms with Crippen LogP contribution in [0.15, 0.2) is 303 Å². The smallest absolute Gasteiger partial charge is 0.0716 e. The Bertz CT molecular complexity index is 4410. The van der Waals surface area contributed by atoms with Gasteiger partial charge in [-0.2, -0.15) is 0 Å². The highest BCUT2D eigenvalue weighted by Crippen LogP contribution is 2.60. The fourth-order valence-electron chi connectivity index (χ4n) is 14.9. The third-order valence-electron chi connectivity index (χ3n) is 18.2. The van der Waals surface area contributed by atoms with Gasteiger partial charge in [-0.3, -0.25) is 0 Å². The minimum Gasteiger partial charge on any atom is -0.310 e. The Morgan fingerprint density at radius 3 is 0.915 bits per heavy atom. The fraction of sp³-hybridized carbons (Fsp3) is 0.0500. The van der Waals surface area contributed by atoms with Gasteiger partial charge in [-0.25, -0.2) is 0 Å². The van der Waals surface area contributed by atoms with Crippen molar-refractivity contribution in [2.75, 3.05) is 9.80 Å². The zero-order valence-corrected chi connectivity index (χ0v) is 45.8. The van der Waals surface area contributed by atoms with Gasteiger partial charge in [0.2, 0.25) is 0 Å². The van der Waals surface area contributed by atoms with Crippen molar-refractivity contribution in [3.8, 4) is 22.3 Å². The standard InChI is InChI=1S/C80H56N2/c1-53-23-9-15-37-69(53)79(71-39-17-11-33-63(71)64-34-12-18-40-72(64)79)57-25-21-31-61(51-57)81(59-27-5-3-6-28-59)75-49-45-55-44-48-68-76(50-46-56-43-47-67(75)77(55)78(56)68)82(60-29-7-4-8-30-60)62-32-22-26-58(52-62)80(70-38-16-10-24-54(70)2)73-41-19-13-35-65(73)66-36-14-20-42-74(66)80/h3-52H,1-2H3. The molecule has 0 radical (unpaired) electrons. The molecule has 2 aliphatic carbocycles. The largest absolute Gasteiger partial charge is 0.310 e. The Kier molecular flexibility index (Phi) is 10.9. The molecule has 0 spiro atoms. The summed E-state index contributed by atoms with van der Waals surface area (Å²) < 4.78 is 0. The molecule has 82 heavy (non-hydrogen) atoms. The Labute approximate surface area is 479 Å². The molecule has 0 unspecified atom stereocenters. The fourth-order valence-corrected chi connectivity index (χ4v) is 14.9. The van der Waals surface area contributed by atoms with Crippen molar-refractivity contribution >= 4 is 66.4 Å². The van der Waals surface area contributed by atoms with Gasteiger partial charge in [-0.05, 0) is 174 Å². The maximum Gasteiger partial charge on any atom is 0.0716 e. The number of para-hydroxylation sites is 2. The molecular weight excluding hydrogens is 989 g/mol. The molecule has 14 aromatic carbocycles. The molecule has 0 saturated carbocycles. The van der Waals surface area contributed by atoms with Gasteiger partial charge >= 0.3 is 0 Å². The average molecular weight is 1050 g/mol. The summed E-state index contributed by atoms with van der Waals surface area (Å²) in [5, 5.41) is 7.31. The van der Waals surface area contributed by atoms with E-state index in [1.807, 2.05) is 0 Å². The summed E-state index contributed by atoms with van der Waals surface area (Å²) >= 11 is 0. The third kappa shape index (κ3) is 6.82. The molecule has 0 fully saturated rings. The number of rotatable bonds is 10. The zero-order valence-electron chi connectivity index (χ0n) is 45.8. The number of aryl methyl sites for hydroxylation is 2. The first-order chi connectivity index (χ1) is 40.5. The number of nitrogens with zero attached hydrogens (tertiary/aromatic N) is 2. The maximum atomic E-state index is 2.49. The lowest BCUT2D eigenvalue weighted by atomic mass is 9.66. The normalized spacial score (nSPS) is 13.4. The topological polar surface area (TPSA) is 6.48 Å². The van der Waals surface area contributed by atoms with Crippen LogP contribution in [0.5, 0.6) is 0 Å². The van der Waals surface area contributed by atoms with Crippen LogP contribution in [0.1, 0.15) is 55.6 Å². The molecule has 2 nitrogen and oxygen atoms in total. The van der Waals surface area contributed by atoms with Crippen molar-refractivity contribution in [3.63, 3.8) is 0 Å². The lowest BCUT2D eigenvalue weighted by molar-refractivity contribution is 0.761.